The second kappa shape index (κ2) is 34.9. The number of rotatable bonds is 36. The molecule has 48 heavy (non-hydrogen) atoms. The van der Waals surface area contributed by atoms with E-state index < -0.39 is 0 Å². The first kappa shape index (κ1) is 46.1. The lowest BCUT2D eigenvalue weighted by atomic mass is 9.91. The number of Topliss-reactive ketones (excluding diaryl/α,β-unsaturated/α-hetero) is 1. The molecule has 0 fully saturated rings. The van der Waals surface area contributed by atoms with Gasteiger partial charge in [-0.15, -0.1) is 0 Å². The normalized spacial score (nSPS) is 11.8. The van der Waals surface area contributed by atoms with Crippen molar-refractivity contribution in [3.05, 3.63) is 0 Å². The van der Waals surface area contributed by atoms with Crippen LogP contribution in [0.25, 0.3) is 0 Å². The van der Waals surface area contributed by atoms with Crippen LogP contribution in [-0.4, -0.2) is 55.3 Å². The third-order valence-corrected chi connectivity index (χ3v) is 9.40. The molecule has 0 bridgehead atoms. The summed E-state index contributed by atoms with van der Waals surface area (Å²) >= 11 is 0. The minimum absolute atomic E-state index is 0.00468. The van der Waals surface area contributed by atoms with Crippen LogP contribution < -0.4 is 0 Å². The maximum Gasteiger partial charge on any atom is 0.325 e. The van der Waals surface area contributed by atoms with Gasteiger partial charge >= 0.3 is 11.9 Å². The van der Waals surface area contributed by atoms with Gasteiger partial charge in [-0.3, -0.25) is 19.2 Å². The van der Waals surface area contributed by atoms with Gasteiger partial charge in [0.25, 0.3) is 0 Å². The van der Waals surface area contributed by atoms with Gasteiger partial charge in [0.1, 0.15) is 12.3 Å². The third-order valence-electron chi connectivity index (χ3n) is 9.40. The summed E-state index contributed by atoms with van der Waals surface area (Å²) in [6.45, 7) is 7.44. The summed E-state index contributed by atoms with van der Waals surface area (Å²) in [6.07, 6.45) is 30.0. The quantitative estimate of drug-likeness (QED) is 0.0483. The number of carbonyl (C=O) groups is 4. The first-order chi connectivity index (χ1) is 23.3. The highest BCUT2D eigenvalue weighted by Crippen LogP contribution is 2.23. The van der Waals surface area contributed by atoms with Gasteiger partial charge in [0.15, 0.2) is 0 Å². The van der Waals surface area contributed by atoms with Crippen LogP contribution in [0.3, 0.4) is 0 Å². The standard InChI is InChI=1S/C41H77NO6/c1-5-8-11-14-16-18-25-32-40(45)47-33-26-19-23-30-38(43)31-24-20-27-34-48-41(46)36-42(4)39(44)35-37(28-21-13-10-7-3)29-22-17-15-12-9-6-2/h37H,5-36H2,1-4H3. The van der Waals surface area contributed by atoms with Crippen LogP contribution in [0.4, 0.5) is 0 Å². The Balaban J connectivity index is 3.91. The second-order valence-corrected chi connectivity index (χ2v) is 14.2. The lowest BCUT2D eigenvalue weighted by Crippen LogP contribution is -2.34. The van der Waals surface area contributed by atoms with E-state index in [0.29, 0.717) is 44.8 Å². The molecule has 7 heteroatoms. The van der Waals surface area contributed by atoms with Crippen molar-refractivity contribution in [2.75, 3.05) is 26.8 Å². The highest BCUT2D eigenvalue weighted by molar-refractivity contribution is 5.82. The highest BCUT2D eigenvalue weighted by Gasteiger charge is 2.19. The molecule has 0 saturated heterocycles. The Hall–Kier alpha value is -1.92. The molecule has 0 radical (unpaired) electrons. The first-order valence-electron chi connectivity index (χ1n) is 20.4. The van der Waals surface area contributed by atoms with Crippen molar-refractivity contribution < 1.29 is 28.7 Å². The molecule has 0 spiro atoms. The predicted molar refractivity (Wildman–Crippen MR) is 199 cm³/mol. The number of ketones is 1. The summed E-state index contributed by atoms with van der Waals surface area (Å²) in [5.41, 5.74) is 0. The number of ether oxygens (including phenoxy) is 2. The number of unbranched alkanes of at least 4 members (excludes halogenated alkanes) is 18. The van der Waals surface area contributed by atoms with E-state index in [1.807, 2.05) is 0 Å². The van der Waals surface area contributed by atoms with E-state index in [2.05, 4.69) is 20.8 Å². The average Bonchev–Trinajstić information content (AvgIpc) is 3.07. The summed E-state index contributed by atoms with van der Waals surface area (Å²) < 4.78 is 10.7. The fourth-order valence-electron chi connectivity index (χ4n) is 6.15. The minimum atomic E-state index is -0.360. The largest absolute Gasteiger partial charge is 0.466 e. The Kier molecular flexibility index (Phi) is 33.5. The van der Waals surface area contributed by atoms with E-state index in [4.69, 9.17) is 9.47 Å². The molecule has 0 heterocycles. The smallest absolute Gasteiger partial charge is 0.325 e. The molecule has 1 amide bonds. The number of carbonyl (C=O) groups excluding carboxylic acids is 4. The summed E-state index contributed by atoms with van der Waals surface area (Å²) in [5, 5.41) is 0. The lowest BCUT2D eigenvalue weighted by Gasteiger charge is -2.21. The van der Waals surface area contributed by atoms with Crippen LogP contribution in [0.1, 0.15) is 207 Å². The SMILES string of the molecule is CCCCCCCCCC(=O)OCCCCCC(=O)CCCCCOC(=O)CN(C)C(=O)CC(CCCCCC)CCCCCCCC. The van der Waals surface area contributed by atoms with Crippen molar-refractivity contribution in [1.82, 2.24) is 4.90 Å². The number of likely N-dealkylation sites (N-methyl/N-ethyl adjacent to an activating group) is 1. The van der Waals surface area contributed by atoms with Gasteiger partial charge < -0.3 is 14.4 Å². The van der Waals surface area contributed by atoms with E-state index >= 15 is 0 Å². The zero-order valence-electron chi connectivity index (χ0n) is 32.1. The van der Waals surface area contributed by atoms with Gasteiger partial charge in [0.2, 0.25) is 5.91 Å². The van der Waals surface area contributed by atoms with Gasteiger partial charge in [0, 0.05) is 32.7 Å². The lowest BCUT2D eigenvalue weighted by molar-refractivity contribution is -0.149. The average molecular weight is 680 g/mol. The first-order valence-corrected chi connectivity index (χ1v) is 20.4. The van der Waals surface area contributed by atoms with Gasteiger partial charge in [0.05, 0.1) is 13.2 Å². The fraction of sp³-hybridized carbons (Fsp3) is 0.902. The number of nitrogens with zero attached hydrogens (tertiary/aromatic N) is 1. The molecule has 0 aromatic rings. The van der Waals surface area contributed by atoms with Gasteiger partial charge in [-0.1, -0.05) is 124 Å². The van der Waals surface area contributed by atoms with E-state index in [9.17, 15) is 19.2 Å². The number of amides is 1. The molecule has 0 rings (SSSR count). The van der Waals surface area contributed by atoms with Crippen LogP contribution in [0.5, 0.6) is 0 Å². The van der Waals surface area contributed by atoms with Crippen LogP contribution in [-0.2, 0) is 28.7 Å². The summed E-state index contributed by atoms with van der Waals surface area (Å²) in [5.74, 6) is 0.248. The van der Waals surface area contributed by atoms with Crippen molar-refractivity contribution in [2.24, 2.45) is 5.92 Å². The van der Waals surface area contributed by atoms with E-state index in [0.717, 1.165) is 64.2 Å². The zero-order chi connectivity index (χ0) is 35.5. The molecular formula is C41H77NO6. The molecule has 0 aromatic carbocycles. The molecule has 7 nitrogen and oxygen atoms in total. The highest BCUT2D eigenvalue weighted by atomic mass is 16.5. The number of esters is 2. The van der Waals surface area contributed by atoms with E-state index in [-0.39, 0.29) is 30.2 Å². The van der Waals surface area contributed by atoms with Gasteiger partial charge in [-0.2, -0.15) is 0 Å². The van der Waals surface area contributed by atoms with Crippen molar-refractivity contribution >= 4 is 23.6 Å². The van der Waals surface area contributed by atoms with Gasteiger partial charge in [-0.05, 0) is 63.7 Å². The summed E-state index contributed by atoms with van der Waals surface area (Å²) in [7, 11) is 1.71. The predicted octanol–water partition coefficient (Wildman–Crippen LogP) is 11.1. The molecule has 1 unspecified atom stereocenters. The fourth-order valence-corrected chi connectivity index (χ4v) is 6.15. The second-order valence-electron chi connectivity index (χ2n) is 14.2. The number of hydrogen-bond acceptors (Lipinski definition) is 6. The summed E-state index contributed by atoms with van der Waals surface area (Å²) in [6, 6.07) is 0. The molecule has 0 aliphatic heterocycles. The van der Waals surface area contributed by atoms with Crippen molar-refractivity contribution in [3.8, 4) is 0 Å². The summed E-state index contributed by atoms with van der Waals surface area (Å²) in [4.78, 5) is 50.9. The molecule has 0 aliphatic rings. The molecule has 0 aliphatic carbocycles. The van der Waals surface area contributed by atoms with Crippen molar-refractivity contribution in [1.29, 1.82) is 0 Å². The minimum Gasteiger partial charge on any atom is -0.466 e. The monoisotopic (exact) mass is 680 g/mol. The molecule has 0 aromatic heterocycles. The molecule has 1 atom stereocenters. The Bertz CT molecular complexity index is 785. The molecular weight excluding hydrogens is 602 g/mol. The van der Waals surface area contributed by atoms with Crippen molar-refractivity contribution in [2.45, 2.75) is 207 Å². The maximum atomic E-state index is 12.9. The zero-order valence-corrected chi connectivity index (χ0v) is 32.1. The molecule has 282 valence electrons. The Morgan fingerprint density at radius 3 is 1.40 bits per heavy atom. The molecule has 0 saturated carbocycles. The van der Waals surface area contributed by atoms with Crippen LogP contribution in [0.15, 0.2) is 0 Å². The van der Waals surface area contributed by atoms with E-state index in [1.54, 1.807) is 7.05 Å². The van der Waals surface area contributed by atoms with Crippen LogP contribution in [0.2, 0.25) is 0 Å². The number of hydrogen-bond donors (Lipinski definition) is 0. The van der Waals surface area contributed by atoms with Gasteiger partial charge in [-0.25, -0.2) is 0 Å². The third kappa shape index (κ3) is 31.4. The molecule has 0 N–H and O–H groups in total. The maximum absolute atomic E-state index is 12.9. The van der Waals surface area contributed by atoms with Crippen LogP contribution >= 0.6 is 0 Å². The Labute approximate surface area is 296 Å². The van der Waals surface area contributed by atoms with E-state index in [1.165, 1.54) is 101 Å². The Morgan fingerprint density at radius 2 is 0.875 bits per heavy atom. The Morgan fingerprint density at radius 1 is 0.479 bits per heavy atom. The topological polar surface area (TPSA) is 90.0 Å². The van der Waals surface area contributed by atoms with Crippen LogP contribution in [0, 0.1) is 5.92 Å². The van der Waals surface area contributed by atoms with Crippen molar-refractivity contribution in [3.63, 3.8) is 0 Å².